The van der Waals surface area contributed by atoms with Crippen LogP contribution in [0.4, 0.5) is 5.69 Å². The topological polar surface area (TPSA) is 80.3 Å². The summed E-state index contributed by atoms with van der Waals surface area (Å²) in [6, 6.07) is 9.68. The zero-order chi connectivity index (χ0) is 22.7. The minimum Gasteiger partial charge on any atom is -0.507 e. The van der Waals surface area contributed by atoms with Gasteiger partial charge in [0, 0.05) is 54.1 Å². The van der Waals surface area contributed by atoms with E-state index in [1.165, 1.54) is 11.9 Å². The van der Waals surface area contributed by atoms with E-state index in [4.69, 9.17) is 4.42 Å². The molecular formula is C24H28BrN3O3S. The van der Waals surface area contributed by atoms with Gasteiger partial charge in [0.25, 0.3) is 0 Å². The maximum Gasteiger partial charge on any atom is 0.343 e. The third-order valence-corrected chi connectivity index (χ3v) is 7.16. The fourth-order valence-electron chi connectivity index (χ4n) is 4.13. The summed E-state index contributed by atoms with van der Waals surface area (Å²) in [5.41, 5.74) is 1.88. The monoisotopic (exact) mass is 517 g/mol. The fourth-order valence-corrected chi connectivity index (χ4v) is 5.35. The minimum atomic E-state index is -0.425. The van der Waals surface area contributed by atoms with Crippen molar-refractivity contribution in [3.05, 3.63) is 70.2 Å². The van der Waals surface area contributed by atoms with Crippen molar-refractivity contribution in [1.29, 1.82) is 0 Å². The van der Waals surface area contributed by atoms with Gasteiger partial charge in [-0.25, -0.2) is 9.78 Å². The van der Waals surface area contributed by atoms with E-state index in [9.17, 15) is 9.90 Å². The molecule has 170 valence electrons. The largest absolute Gasteiger partial charge is 0.507 e. The number of nitrogens with zero attached hydrogens (tertiary/aromatic N) is 2. The molecule has 2 N–H and O–H groups in total. The first kappa shape index (κ1) is 23.0. The van der Waals surface area contributed by atoms with Gasteiger partial charge in [-0.15, -0.1) is 0 Å². The summed E-state index contributed by atoms with van der Waals surface area (Å²) in [5, 5.41) is 12.6. The Hall–Kier alpha value is -2.19. The molecule has 4 rings (SSSR count). The molecule has 1 aliphatic rings. The van der Waals surface area contributed by atoms with Crippen LogP contribution in [0, 0.1) is 5.92 Å². The Morgan fingerprint density at radius 1 is 1.38 bits per heavy atom. The Bertz CT molecular complexity index is 1130. The van der Waals surface area contributed by atoms with Crippen molar-refractivity contribution in [2.45, 2.75) is 49.5 Å². The van der Waals surface area contributed by atoms with Crippen molar-refractivity contribution >= 4 is 33.6 Å². The molecule has 0 spiro atoms. The average molecular weight is 518 g/mol. The second-order valence-corrected chi connectivity index (χ2v) is 9.96. The van der Waals surface area contributed by atoms with Crippen molar-refractivity contribution in [3.63, 3.8) is 0 Å². The molecule has 0 amide bonds. The maximum absolute atomic E-state index is 13.1. The molecule has 0 radical (unpaired) electrons. The van der Waals surface area contributed by atoms with Crippen LogP contribution >= 0.6 is 27.9 Å². The van der Waals surface area contributed by atoms with Crippen LogP contribution in [0.3, 0.4) is 0 Å². The van der Waals surface area contributed by atoms with Crippen LogP contribution in [-0.2, 0) is 7.05 Å². The quantitative estimate of drug-likeness (QED) is 0.253. The number of benzene rings is 1. The SMILES string of the molecule is CCC(CCBr)c1cc(O)c(C(c2cccc(NSc3cn(C)cn3)c2)C2CC2)c(=O)o1. The van der Waals surface area contributed by atoms with E-state index in [1.807, 2.05) is 42.1 Å². The van der Waals surface area contributed by atoms with Gasteiger partial charge in [0.1, 0.15) is 16.5 Å². The molecule has 1 fully saturated rings. The van der Waals surface area contributed by atoms with Crippen molar-refractivity contribution < 1.29 is 9.52 Å². The number of aryl methyl sites for hydroxylation is 1. The molecule has 1 aromatic carbocycles. The number of rotatable bonds is 10. The fraction of sp³-hybridized carbons (Fsp3) is 0.417. The number of alkyl halides is 1. The molecule has 2 aromatic heterocycles. The number of halogens is 1. The third-order valence-electron chi connectivity index (χ3n) is 5.94. The average Bonchev–Trinajstić information content (AvgIpc) is 3.53. The lowest BCUT2D eigenvalue weighted by atomic mass is 9.87. The molecule has 2 heterocycles. The van der Waals surface area contributed by atoms with Crippen LogP contribution in [0.1, 0.15) is 61.3 Å². The summed E-state index contributed by atoms with van der Waals surface area (Å²) in [6.07, 6.45) is 7.47. The molecule has 2 unspecified atom stereocenters. The number of anilines is 1. The predicted molar refractivity (Wildman–Crippen MR) is 132 cm³/mol. The van der Waals surface area contributed by atoms with Crippen molar-refractivity contribution in [1.82, 2.24) is 9.55 Å². The summed E-state index contributed by atoms with van der Waals surface area (Å²) < 4.78 is 11.0. The van der Waals surface area contributed by atoms with Gasteiger partial charge in [0.2, 0.25) is 0 Å². The van der Waals surface area contributed by atoms with E-state index in [1.54, 1.807) is 12.4 Å². The van der Waals surface area contributed by atoms with Crippen LogP contribution < -0.4 is 10.3 Å². The first-order valence-electron chi connectivity index (χ1n) is 10.9. The Kier molecular flexibility index (Phi) is 7.30. The summed E-state index contributed by atoms with van der Waals surface area (Å²) in [6.45, 7) is 2.06. The van der Waals surface area contributed by atoms with E-state index in [0.29, 0.717) is 17.2 Å². The Balaban J connectivity index is 1.62. The number of hydrogen-bond donors (Lipinski definition) is 2. The van der Waals surface area contributed by atoms with Crippen molar-refractivity contribution in [3.8, 4) is 5.75 Å². The molecule has 0 saturated heterocycles. The molecule has 8 heteroatoms. The van der Waals surface area contributed by atoms with E-state index in [-0.39, 0.29) is 17.6 Å². The van der Waals surface area contributed by atoms with Crippen molar-refractivity contribution in [2.75, 3.05) is 10.1 Å². The molecule has 0 bridgehead atoms. The standard InChI is InChI=1S/C24H28BrN3O3S/c1-3-15(9-10-25)20-12-19(29)23(24(30)31-20)22(16-7-8-16)17-5-4-6-18(11-17)27-32-21-13-28(2)14-26-21/h4-6,11-16,22,27,29H,3,7-10H2,1-2H3. The van der Waals surface area contributed by atoms with E-state index >= 15 is 0 Å². The lowest BCUT2D eigenvalue weighted by Gasteiger charge is -2.20. The van der Waals surface area contributed by atoms with Crippen LogP contribution in [0.25, 0.3) is 0 Å². The number of hydrogen-bond acceptors (Lipinski definition) is 6. The first-order chi connectivity index (χ1) is 15.5. The number of aromatic nitrogens is 2. The van der Waals surface area contributed by atoms with Crippen LogP contribution in [-0.4, -0.2) is 20.0 Å². The Morgan fingerprint density at radius 3 is 2.81 bits per heavy atom. The lowest BCUT2D eigenvalue weighted by Crippen LogP contribution is -2.17. The molecule has 32 heavy (non-hydrogen) atoms. The molecule has 1 aliphatic carbocycles. The summed E-state index contributed by atoms with van der Waals surface area (Å²) in [4.78, 5) is 17.4. The second-order valence-electron chi connectivity index (χ2n) is 8.34. The molecular weight excluding hydrogens is 490 g/mol. The van der Waals surface area contributed by atoms with Gasteiger partial charge in [-0.3, -0.25) is 0 Å². The van der Waals surface area contributed by atoms with Gasteiger partial charge < -0.3 is 18.8 Å². The molecule has 6 nitrogen and oxygen atoms in total. The zero-order valence-electron chi connectivity index (χ0n) is 18.3. The van der Waals surface area contributed by atoms with Gasteiger partial charge in [-0.2, -0.15) is 0 Å². The van der Waals surface area contributed by atoms with E-state index < -0.39 is 5.63 Å². The van der Waals surface area contributed by atoms with Gasteiger partial charge in [-0.05, 0) is 49.3 Å². The molecule has 2 atom stereocenters. The van der Waals surface area contributed by atoms with Crippen molar-refractivity contribution in [2.24, 2.45) is 13.0 Å². The van der Waals surface area contributed by atoms with Gasteiger partial charge in [-0.1, -0.05) is 35.0 Å². The van der Waals surface area contributed by atoms with Crippen LogP contribution in [0.5, 0.6) is 5.75 Å². The lowest BCUT2D eigenvalue weighted by molar-refractivity contribution is 0.378. The summed E-state index contributed by atoms with van der Waals surface area (Å²) in [5.74, 6) is 0.867. The zero-order valence-corrected chi connectivity index (χ0v) is 20.7. The summed E-state index contributed by atoms with van der Waals surface area (Å²) >= 11 is 4.90. The van der Waals surface area contributed by atoms with Gasteiger partial charge in [0.05, 0.1) is 11.9 Å². The Morgan fingerprint density at radius 2 is 2.19 bits per heavy atom. The minimum absolute atomic E-state index is 0.0439. The van der Waals surface area contributed by atoms with E-state index in [2.05, 4.69) is 32.6 Å². The second kappa shape index (κ2) is 10.2. The number of nitrogens with one attached hydrogen (secondary N) is 1. The highest BCUT2D eigenvalue weighted by atomic mass is 79.9. The first-order valence-corrected chi connectivity index (χ1v) is 12.9. The number of aromatic hydroxyl groups is 1. The third kappa shape index (κ3) is 5.23. The molecule has 0 aliphatic heterocycles. The van der Waals surface area contributed by atoms with Crippen LogP contribution in [0.2, 0.25) is 0 Å². The molecule has 3 aromatic rings. The Labute approximate surface area is 200 Å². The highest BCUT2D eigenvalue weighted by Crippen LogP contribution is 2.48. The van der Waals surface area contributed by atoms with Gasteiger partial charge in [0.15, 0.2) is 0 Å². The summed E-state index contributed by atoms with van der Waals surface area (Å²) in [7, 11) is 1.93. The number of imidazole rings is 1. The molecule has 1 saturated carbocycles. The highest BCUT2D eigenvalue weighted by Gasteiger charge is 2.37. The van der Waals surface area contributed by atoms with Crippen LogP contribution in [0.15, 0.2) is 57.1 Å². The normalized spacial score (nSPS) is 15.5. The predicted octanol–water partition coefficient (Wildman–Crippen LogP) is 6.02. The van der Waals surface area contributed by atoms with E-state index in [0.717, 1.165) is 47.3 Å². The highest BCUT2D eigenvalue weighted by molar-refractivity contribution is 9.09. The smallest absolute Gasteiger partial charge is 0.343 e. The maximum atomic E-state index is 13.1. The van der Waals surface area contributed by atoms with Gasteiger partial charge >= 0.3 is 5.63 Å².